The van der Waals surface area contributed by atoms with Gasteiger partial charge in [-0.25, -0.2) is 0 Å². The average Bonchev–Trinajstić information content (AvgIpc) is 2.57. The highest BCUT2D eigenvalue weighted by atomic mass is 31.2. The molecule has 5 nitrogen and oxygen atoms in total. The van der Waals surface area contributed by atoms with E-state index in [1.165, 1.54) is 12.2 Å². The number of rotatable bonds is 12. The summed E-state index contributed by atoms with van der Waals surface area (Å²) >= 11 is 0. The molecule has 26 heavy (non-hydrogen) atoms. The Labute approximate surface area is 158 Å². The second-order valence-corrected chi connectivity index (χ2v) is 9.14. The maximum absolute atomic E-state index is 12.3. The molecule has 0 spiro atoms. The van der Waals surface area contributed by atoms with Crippen LogP contribution in [-0.2, 0) is 24.8 Å². The second kappa shape index (κ2) is 11.5. The molecule has 1 amide bonds. The zero-order chi connectivity index (χ0) is 19.6. The molecule has 2 unspecified atom stereocenters. The van der Waals surface area contributed by atoms with Crippen molar-refractivity contribution in [2.45, 2.75) is 52.9 Å². The standard InChI is InChI=1S/C20H34NO4P/c1-6-24-26(5,23)25-14-8-7-13-21-20(22)17(4)19-11-9-18(10-12-19)15-16(2)3/h9-12,16-17H,6-8,13-15H2,1-5H3,(H,21,22). The van der Waals surface area contributed by atoms with Gasteiger partial charge in [0.2, 0.25) is 5.91 Å². The molecule has 0 fully saturated rings. The quantitative estimate of drug-likeness (QED) is 0.417. The molecule has 0 saturated carbocycles. The summed E-state index contributed by atoms with van der Waals surface area (Å²) in [6.07, 6.45) is 2.55. The molecule has 0 aliphatic rings. The van der Waals surface area contributed by atoms with Crippen molar-refractivity contribution in [3.05, 3.63) is 35.4 Å². The van der Waals surface area contributed by atoms with Gasteiger partial charge >= 0.3 is 7.60 Å². The van der Waals surface area contributed by atoms with E-state index in [1.54, 1.807) is 6.92 Å². The number of carbonyl (C=O) groups is 1. The fourth-order valence-electron chi connectivity index (χ4n) is 2.66. The van der Waals surface area contributed by atoms with E-state index < -0.39 is 7.60 Å². The third-order valence-corrected chi connectivity index (χ3v) is 5.46. The summed E-state index contributed by atoms with van der Waals surface area (Å²) in [5, 5.41) is 2.96. The van der Waals surface area contributed by atoms with Crippen LogP contribution in [-0.4, -0.2) is 32.3 Å². The second-order valence-electron chi connectivity index (χ2n) is 7.08. The molecule has 0 radical (unpaired) electrons. The number of nitrogens with one attached hydrogen (secondary N) is 1. The van der Waals surface area contributed by atoms with E-state index in [2.05, 4.69) is 31.3 Å². The Balaban J connectivity index is 2.29. The highest BCUT2D eigenvalue weighted by Crippen LogP contribution is 2.43. The molecule has 0 aliphatic heterocycles. The molecule has 0 bridgehead atoms. The molecule has 1 rings (SSSR count). The first-order chi connectivity index (χ1) is 12.2. The summed E-state index contributed by atoms with van der Waals surface area (Å²) in [6.45, 7) is 10.9. The molecule has 6 heteroatoms. The summed E-state index contributed by atoms with van der Waals surface area (Å²) < 4.78 is 22.1. The zero-order valence-corrected chi connectivity index (χ0v) is 17.7. The van der Waals surface area contributed by atoms with E-state index in [9.17, 15) is 9.36 Å². The van der Waals surface area contributed by atoms with Crippen molar-refractivity contribution in [1.29, 1.82) is 0 Å². The van der Waals surface area contributed by atoms with Crippen LogP contribution in [0.15, 0.2) is 24.3 Å². The van der Waals surface area contributed by atoms with Crippen molar-refractivity contribution in [2.24, 2.45) is 5.92 Å². The minimum absolute atomic E-state index is 0.0259. The average molecular weight is 383 g/mol. The van der Waals surface area contributed by atoms with Gasteiger partial charge in [-0.1, -0.05) is 38.1 Å². The van der Waals surface area contributed by atoms with E-state index in [0.717, 1.165) is 24.8 Å². The molecular weight excluding hydrogens is 349 g/mol. The third kappa shape index (κ3) is 8.98. The zero-order valence-electron chi connectivity index (χ0n) is 16.8. The lowest BCUT2D eigenvalue weighted by molar-refractivity contribution is -0.122. The Hall–Kier alpha value is -1.16. The monoisotopic (exact) mass is 383 g/mol. The lowest BCUT2D eigenvalue weighted by atomic mass is 9.96. The molecule has 0 saturated heterocycles. The smallest absolute Gasteiger partial charge is 0.327 e. The number of benzene rings is 1. The van der Waals surface area contributed by atoms with Crippen LogP contribution in [0.1, 0.15) is 57.6 Å². The molecule has 0 aliphatic carbocycles. The van der Waals surface area contributed by atoms with Crippen LogP contribution in [0.25, 0.3) is 0 Å². The summed E-state index contributed by atoms with van der Waals surface area (Å²) in [5.74, 6) is 0.479. The van der Waals surface area contributed by atoms with Gasteiger partial charge in [-0.2, -0.15) is 0 Å². The van der Waals surface area contributed by atoms with Crippen molar-refractivity contribution in [3.63, 3.8) is 0 Å². The predicted molar refractivity (Wildman–Crippen MR) is 107 cm³/mol. The summed E-state index contributed by atoms with van der Waals surface area (Å²) in [5.41, 5.74) is 2.33. The van der Waals surface area contributed by atoms with Crippen LogP contribution in [0.2, 0.25) is 0 Å². The normalized spacial score (nSPS) is 14.8. The van der Waals surface area contributed by atoms with Crippen LogP contribution >= 0.6 is 7.60 Å². The van der Waals surface area contributed by atoms with Gasteiger partial charge in [0, 0.05) is 13.2 Å². The number of amides is 1. The maximum Gasteiger partial charge on any atom is 0.327 e. The fourth-order valence-corrected chi connectivity index (χ4v) is 3.66. The van der Waals surface area contributed by atoms with Crippen LogP contribution in [0.3, 0.4) is 0 Å². The molecule has 2 atom stereocenters. The lowest BCUT2D eigenvalue weighted by Gasteiger charge is -2.14. The van der Waals surface area contributed by atoms with Crippen molar-refractivity contribution in [2.75, 3.05) is 26.4 Å². The van der Waals surface area contributed by atoms with Gasteiger partial charge in [-0.05, 0) is 50.2 Å². The van der Waals surface area contributed by atoms with Gasteiger partial charge in [0.1, 0.15) is 0 Å². The number of hydrogen-bond donors (Lipinski definition) is 1. The molecule has 0 aromatic heterocycles. The van der Waals surface area contributed by atoms with Crippen LogP contribution < -0.4 is 5.32 Å². The Morgan fingerprint density at radius 3 is 2.35 bits per heavy atom. The topological polar surface area (TPSA) is 64.6 Å². The summed E-state index contributed by atoms with van der Waals surface area (Å²) in [7, 11) is -2.92. The van der Waals surface area contributed by atoms with E-state index in [4.69, 9.17) is 9.05 Å². The first kappa shape index (κ1) is 22.9. The van der Waals surface area contributed by atoms with Crippen LogP contribution in [0.4, 0.5) is 0 Å². The molecule has 148 valence electrons. The maximum atomic E-state index is 12.3. The number of carbonyl (C=O) groups excluding carboxylic acids is 1. The summed E-state index contributed by atoms with van der Waals surface area (Å²) in [4.78, 5) is 12.3. The van der Waals surface area contributed by atoms with Gasteiger partial charge in [-0.3, -0.25) is 9.36 Å². The largest absolute Gasteiger partial charge is 0.356 e. The third-order valence-electron chi connectivity index (χ3n) is 4.08. The summed E-state index contributed by atoms with van der Waals surface area (Å²) in [6, 6.07) is 8.31. The number of unbranched alkanes of at least 4 members (excludes halogenated alkanes) is 1. The predicted octanol–water partition coefficient (Wildman–Crippen LogP) is 4.76. The van der Waals surface area contributed by atoms with Gasteiger partial charge < -0.3 is 14.4 Å². The highest BCUT2D eigenvalue weighted by molar-refractivity contribution is 7.52. The van der Waals surface area contributed by atoms with Crippen molar-refractivity contribution < 1.29 is 18.4 Å². The van der Waals surface area contributed by atoms with Crippen LogP contribution in [0.5, 0.6) is 0 Å². The number of hydrogen-bond acceptors (Lipinski definition) is 4. The lowest BCUT2D eigenvalue weighted by Crippen LogP contribution is -2.29. The Morgan fingerprint density at radius 2 is 1.77 bits per heavy atom. The Kier molecular flexibility index (Phi) is 10.1. The van der Waals surface area contributed by atoms with Crippen LogP contribution in [0, 0.1) is 5.92 Å². The SMILES string of the molecule is CCOP(C)(=O)OCCCCNC(=O)C(C)c1ccc(CC(C)C)cc1. The van der Waals surface area contributed by atoms with Gasteiger partial charge in [-0.15, -0.1) is 0 Å². The highest BCUT2D eigenvalue weighted by Gasteiger charge is 2.16. The van der Waals surface area contributed by atoms with E-state index >= 15 is 0 Å². The molecular formula is C20H34NO4P. The molecule has 0 heterocycles. The van der Waals surface area contributed by atoms with Gasteiger partial charge in [0.25, 0.3) is 0 Å². The van der Waals surface area contributed by atoms with Gasteiger partial charge in [0.15, 0.2) is 0 Å². The molecule has 1 aromatic carbocycles. The van der Waals surface area contributed by atoms with Gasteiger partial charge in [0.05, 0.1) is 19.1 Å². The first-order valence-corrected chi connectivity index (χ1v) is 11.5. The van der Waals surface area contributed by atoms with E-state index in [0.29, 0.717) is 25.7 Å². The first-order valence-electron chi connectivity index (χ1n) is 9.48. The molecule has 1 N–H and O–H groups in total. The Morgan fingerprint density at radius 1 is 1.12 bits per heavy atom. The fraction of sp³-hybridized carbons (Fsp3) is 0.650. The Bertz CT molecular complexity index is 586. The van der Waals surface area contributed by atoms with Crippen molar-refractivity contribution in [1.82, 2.24) is 5.32 Å². The van der Waals surface area contributed by atoms with E-state index in [-0.39, 0.29) is 11.8 Å². The molecule has 1 aromatic rings. The van der Waals surface area contributed by atoms with Crippen molar-refractivity contribution in [3.8, 4) is 0 Å². The van der Waals surface area contributed by atoms with E-state index in [1.807, 2.05) is 19.1 Å². The minimum atomic E-state index is -2.92. The minimum Gasteiger partial charge on any atom is -0.356 e. The van der Waals surface area contributed by atoms with Crippen molar-refractivity contribution >= 4 is 13.5 Å².